The first kappa shape index (κ1) is 17.1. The highest BCUT2D eigenvalue weighted by Crippen LogP contribution is 2.32. The zero-order valence-electron chi connectivity index (χ0n) is 14.3. The van der Waals surface area contributed by atoms with Gasteiger partial charge in [0.25, 0.3) is 0 Å². The van der Waals surface area contributed by atoms with Crippen LogP contribution in [0.15, 0.2) is 35.5 Å². The summed E-state index contributed by atoms with van der Waals surface area (Å²) in [6.45, 7) is 5.56. The van der Waals surface area contributed by atoms with Gasteiger partial charge in [-0.3, -0.25) is 0 Å². The van der Waals surface area contributed by atoms with Crippen molar-refractivity contribution in [2.45, 2.75) is 31.2 Å². The summed E-state index contributed by atoms with van der Waals surface area (Å²) in [5, 5.41) is 0. The minimum atomic E-state index is -3.56. The number of aryl methyl sites for hydroxylation is 2. The molecule has 1 atom stereocenters. The molecule has 24 heavy (non-hydrogen) atoms. The van der Waals surface area contributed by atoms with Crippen molar-refractivity contribution in [3.05, 3.63) is 47.5 Å². The van der Waals surface area contributed by atoms with Crippen molar-refractivity contribution in [2.24, 2.45) is 7.05 Å². The minimum absolute atomic E-state index is 0.0139. The summed E-state index contributed by atoms with van der Waals surface area (Å²) in [7, 11) is -1.61. The summed E-state index contributed by atoms with van der Waals surface area (Å²) >= 11 is 0. The summed E-state index contributed by atoms with van der Waals surface area (Å²) in [5.74, 6) is -0.0139. The Morgan fingerprint density at radius 1 is 1.33 bits per heavy atom. The number of sulfonamides is 1. The molecule has 1 unspecified atom stereocenters. The third-order valence-corrected chi connectivity index (χ3v) is 6.41. The van der Waals surface area contributed by atoms with Gasteiger partial charge in [0.1, 0.15) is 0 Å². The van der Waals surface area contributed by atoms with Gasteiger partial charge in [-0.1, -0.05) is 18.2 Å². The third kappa shape index (κ3) is 2.99. The van der Waals surface area contributed by atoms with Gasteiger partial charge in [0.2, 0.25) is 10.0 Å². The molecule has 1 aromatic heterocycles. The van der Waals surface area contributed by atoms with Gasteiger partial charge in [0.05, 0.1) is 30.1 Å². The van der Waals surface area contributed by atoms with Gasteiger partial charge in [-0.2, -0.15) is 4.31 Å². The normalized spacial score (nSPS) is 18.5. The second-order valence-corrected chi connectivity index (χ2v) is 8.01. The standard InChI is InChI=1S/C17H23N3O3S/c1-4-23-11-14-9-20(10-15-17(14)19(3)12-18-15)24(21,22)16-8-6-5-7-13(16)2/h5-8,12,14H,4,9-11H2,1-3H3. The minimum Gasteiger partial charge on any atom is -0.381 e. The Hall–Kier alpha value is -1.70. The third-order valence-electron chi connectivity index (χ3n) is 4.43. The molecule has 7 heteroatoms. The summed E-state index contributed by atoms with van der Waals surface area (Å²) in [6, 6.07) is 7.09. The summed E-state index contributed by atoms with van der Waals surface area (Å²) in [5.41, 5.74) is 2.64. The maximum absolute atomic E-state index is 13.1. The Morgan fingerprint density at radius 2 is 2.08 bits per heavy atom. The van der Waals surface area contributed by atoms with Crippen molar-refractivity contribution in [2.75, 3.05) is 19.8 Å². The molecular weight excluding hydrogens is 326 g/mol. The zero-order chi connectivity index (χ0) is 17.3. The quantitative estimate of drug-likeness (QED) is 0.829. The van der Waals surface area contributed by atoms with E-state index in [-0.39, 0.29) is 5.92 Å². The average Bonchev–Trinajstić information content (AvgIpc) is 2.94. The smallest absolute Gasteiger partial charge is 0.243 e. The fraction of sp³-hybridized carbons (Fsp3) is 0.471. The molecule has 2 aromatic rings. The van der Waals surface area contributed by atoms with Crippen LogP contribution in [0.25, 0.3) is 0 Å². The molecule has 0 radical (unpaired) electrons. The molecule has 0 amide bonds. The highest BCUT2D eigenvalue weighted by atomic mass is 32.2. The maximum atomic E-state index is 13.1. The van der Waals surface area contributed by atoms with Gasteiger partial charge in [-0.25, -0.2) is 13.4 Å². The molecular formula is C17H23N3O3S. The van der Waals surface area contributed by atoms with E-state index < -0.39 is 10.0 Å². The highest BCUT2D eigenvalue weighted by Gasteiger charge is 2.36. The van der Waals surface area contributed by atoms with Gasteiger partial charge in [0.15, 0.2) is 0 Å². The molecule has 0 saturated carbocycles. The molecule has 0 N–H and O–H groups in total. The topological polar surface area (TPSA) is 64.4 Å². The molecule has 130 valence electrons. The second-order valence-electron chi connectivity index (χ2n) is 6.11. The zero-order valence-corrected chi connectivity index (χ0v) is 15.1. The molecule has 0 fully saturated rings. The van der Waals surface area contributed by atoms with Crippen LogP contribution in [0.1, 0.15) is 29.8 Å². The number of rotatable bonds is 5. The first-order valence-electron chi connectivity index (χ1n) is 8.08. The molecule has 0 aliphatic carbocycles. The van der Waals surface area contributed by atoms with Gasteiger partial charge >= 0.3 is 0 Å². The predicted octanol–water partition coefficient (Wildman–Crippen LogP) is 2.05. The van der Waals surface area contributed by atoms with Crippen LogP contribution in [0.5, 0.6) is 0 Å². The lowest BCUT2D eigenvalue weighted by atomic mass is 10.0. The van der Waals surface area contributed by atoms with Gasteiger partial charge in [0, 0.05) is 31.8 Å². The van der Waals surface area contributed by atoms with Gasteiger partial charge in [-0.15, -0.1) is 0 Å². The second kappa shape index (κ2) is 6.66. The lowest BCUT2D eigenvalue weighted by molar-refractivity contribution is 0.119. The van der Waals surface area contributed by atoms with Crippen molar-refractivity contribution < 1.29 is 13.2 Å². The molecule has 1 aliphatic heterocycles. The van der Waals surface area contributed by atoms with E-state index in [1.165, 1.54) is 4.31 Å². The highest BCUT2D eigenvalue weighted by molar-refractivity contribution is 7.89. The number of hydrogen-bond donors (Lipinski definition) is 0. The van der Waals surface area contributed by atoms with Crippen molar-refractivity contribution in [3.63, 3.8) is 0 Å². The number of aromatic nitrogens is 2. The number of fused-ring (bicyclic) bond motifs is 1. The molecule has 6 nitrogen and oxygen atoms in total. The number of imidazole rings is 1. The first-order valence-corrected chi connectivity index (χ1v) is 9.52. The SMILES string of the molecule is CCOCC1CN(S(=O)(=O)c2ccccc2C)Cc2ncn(C)c21. The number of benzene rings is 1. The van der Waals surface area contributed by atoms with Crippen LogP contribution >= 0.6 is 0 Å². The van der Waals surface area contributed by atoms with Crippen molar-refractivity contribution in [1.29, 1.82) is 0 Å². The maximum Gasteiger partial charge on any atom is 0.243 e. The van der Waals surface area contributed by atoms with Crippen LogP contribution in [-0.4, -0.2) is 42.0 Å². The van der Waals surface area contributed by atoms with E-state index in [1.54, 1.807) is 18.5 Å². The molecule has 1 aliphatic rings. The van der Waals surface area contributed by atoms with E-state index in [1.807, 2.05) is 37.6 Å². The van der Waals surface area contributed by atoms with Gasteiger partial charge < -0.3 is 9.30 Å². The lowest BCUT2D eigenvalue weighted by Gasteiger charge is -2.32. The van der Waals surface area contributed by atoms with Crippen LogP contribution in [0.4, 0.5) is 0 Å². The van der Waals surface area contributed by atoms with E-state index in [0.717, 1.165) is 17.0 Å². The fourth-order valence-corrected chi connectivity index (χ4v) is 4.93. The van der Waals surface area contributed by atoms with Crippen molar-refractivity contribution in [3.8, 4) is 0 Å². The van der Waals surface area contributed by atoms with Crippen LogP contribution < -0.4 is 0 Å². The van der Waals surface area contributed by atoms with Gasteiger partial charge in [-0.05, 0) is 25.5 Å². The van der Waals surface area contributed by atoms with Crippen molar-refractivity contribution in [1.82, 2.24) is 13.9 Å². The number of hydrogen-bond acceptors (Lipinski definition) is 4. The first-order chi connectivity index (χ1) is 11.4. The van der Waals surface area contributed by atoms with Crippen LogP contribution in [-0.2, 0) is 28.4 Å². The Labute approximate surface area is 143 Å². The predicted molar refractivity (Wildman–Crippen MR) is 91.2 cm³/mol. The summed E-state index contributed by atoms with van der Waals surface area (Å²) in [4.78, 5) is 4.76. The monoisotopic (exact) mass is 349 g/mol. The fourth-order valence-electron chi connectivity index (χ4n) is 3.26. The number of nitrogens with zero attached hydrogens (tertiary/aromatic N) is 3. The van der Waals surface area contributed by atoms with E-state index >= 15 is 0 Å². The van der Waals surface area contributed by atoms with Crippen molar-refractivity contribution >= 4 is 10.0 Å². The van der Waals surface area contributed by atoms with E-state index in [0.29, 0.717) is 31.2 Å². The van der Waals surface area contributed by atoms with Crippen LogP contribution in [0, 0.1) is 6.92 Å². The average molecular weight is 349 g/mol. The Balaban J connectivity index is 1.97. The molecule has 0 bridgehead atoms. The molecule has 1 aromatic carbocycles. The Morgan fingerprint density at radius 3 is 2.79 bits per heavy atom. The van der Waals surface area contributed by atoms with E-state index in [2.05, 4.69) is 4.98 Å². The van der Waals surface area contributed by atoms with E-state index in [4.69, 9.17) is 4.74 Å². The summed E-state index contributed by atoms with van der Waals surface area (Å²) in [6.07, 6.45) is 1.74. The molecule has 2 heterocycles. The number of ether oxygens (including phenoxy) is 1. The largest absolute Gasteiger partial charge is 0.381 e. The Bertz CT molecular complexity index is 829. The molecule has 0 saturated heterocycles. The summed E-state index contributed by atoms with van der Waals surface area (Å²) < 4.78 is 35.3. The molecule has 3 rings (SSSR count). The Kier molecular flexibility index (Phi) is 4.76. The lowest BCUT2D eigenvalue weighted by Crippen LogP contribution is -2.40. The molecule has 0 spiro atoms. The van der Waals surface area contributed by atoms with Crippen LogP contribution in [0.3, 0.4) is 0 Å². The van der Waals surface area contributed by atoms with E-state index in [9.17, 15) is 8.42 Å². The van der Waals surface area contributed by atoms with Crippen LogP contribution in [0.2, 0.25) is 0 Å².